The topological polar surface area (TPSA) is 163 Å². The average Bonchev–Trinajstić information content (AvgIpc) is 3.79. The lowest BCUT2D eigenvalue weighted by Gasteiger charge is -2.31. The van der Waals surface area contributed by atoms with Crippen molar-refractivity contribution in [2.75, 3.05) is 26.3 Å². The quantitative estimate of drug-likeness (QED) is 0.146. The van der Waals surface area contributed by atoms with Crippen LogP contribution in [0.5, 0.6) is 5.88 Å². The minimum absolute atomic E-state index is 0.0113. The highest BCUT2D eigenvalue weighted by Crippen LogP contribution is 2.33. The number of ether oxygens (including phenoxy) is 3. The first kappa shape index (κ1) is 34.6. The van der Waals surface area contributed by atoms with Crippen LogP contribution in [0.2, 0.25) is 0 Å². The van der Waals surface area contributed by atoms with Gasteiger partial charge in [0.1, 0.15) is 6.10 Å². The maximum atomic E-state index is 14.3. The van der Waals surface area contributed by atoms with Crippen LogP contribution in [0.25, 0.3) is 10.9 Å². The summed E-state index contributed by atoms with van der Waals surface area (Å²) in [7, 11) is -4.16. The van der Waals surface area contributed by atoms with Crippen molar-refractivity contribution < 1.29 is 37.6 Å². The van der Waals surface area contributed by atoms with E-state index >= 15 is 0 Å². The predicted octanol–water partition coefficient (Wildman–Crippen LogP) is 4.73. The average molecular weight is 691 g/mol. The number of rotatable bonds is 13. The zero-order valence-electron chi connectivity index (χ0n) is 27.4. The Kier molecular flexibility index (Phi) is 10.7. The van der Waals surface area contributed by atoms with Crippen molar-refractivity contribution in [1.29, 1.82) is 0 Å². The Morgan fingerprint density at radius 2 is 1.82 bits per heavy atom. The molecule has 2 aliphatic heterocycles. The monoisotopic (exact) mass is 690 g/mol. The standard InChI is InChI=1S/C36H42N4O8S/c1-23(2)20-40(49(44,45)26-13-14-30-28(18-26)29(34(42)38-30)19-37-25-11-7-4-8-12-25)21-32(41)31(17-24-9-5-3-6-10-24)39-36(43)48-33-22-47-35-27(33)15-16-46-35/h3-14,18-19,23,27,31-33,35,38,41-42H,15-17,20-22H2,1-2H3,(H,39,43)/t27-,31-,32+,33-,35+/m0/s1. The van der Waals surface area contributed by atoms with Crippen molar-refractivity contribution in [1.82, 2.24) is 14.6 Å². The molecule has 1 aromatic heterocycles. The summed E-state index contributed by atoms with van der Waals surface area (Å²) in [6.07, 6.45) is -0.437. The number of H-pyrrole nitrogens is 1. The van der Waals surface area contributed by atoms with E-state index in [1.54, 1.807) is 6.07 Å². The molecule has 4 N–H and O–H groups in total. The molecule has 12 nitrogen and oxygen atoms in total. The molecule has 3 heterocycles. The van der Waals surface area contributed by atoms with Gasteiger partial charge in [0.2, 0.25) is 10.0 Å². The lowest BCUT2D eigenvalue weighted by Crippen LogP contribution is -2.51. The first-order valence-electron chi connectivity index (χ1n) is 16.4. The minimum Gasteiger partial charge on any atom is -0.494 e. The number of aliphatic hydroxyl groups is 1. The van der Waals surface area contributed by atoms with Gasteiger partial charge in [-0.15, -0.1) is 0 Å². The number of aliphatic imine (C=N–C) groups is 1. The Balaban J connectivity index is 1.24. The summed E-state index contributed by atoms with van der Waals surface area (Å²) in [5.41, 5.74) is 2.41. The zero-order valence-corrected chi connectivity index (χ0v) is 28.3. The Labute approximate surface area is 285 Å². The number of hydrogen-bond acceptors (Lipinski definition) is 9. The second-order valence-electron chi connectivity index (χ2n) is 12.9. The van der Waals surface area contributed by atoms with E-state index < -0.39 is 34.4 Å². The van der Waals surface area contributed by atoms with Gasteiger partial charge in [0.25, 0.3) is 0 Å². The molecule has 1 amide bonds. The van der Waals surface area contributed by atoms with Crippen LogP contribution in [-0.4, -0.2) is 91.1 Å². The largest absolute Gasteiger partial charge is 0.494 e. The van der Waals surface area contributed by atoms with Crippen molar-refractivity contribution in [3.05, 3.63) is 90.0 Å². The minimum atomic E-state index is -4.16. The van der Waals surface area contributed by atoms with Crippen LogP contribution in [0, 0.1) is 11.8 Å². The molecule has 6 rings (SSSR count). The Morgan fingerprint density at radius 3 is 2.55 bits per heavy atom. The molecule has 0 radical (unpaired) electrons. The van der Waals surface area contributed by atoms with Crippen molar-refractivity contribution in [3.8, 4) is 5.88 Å². The van der Waals surface area contributed by atoms with E-state index in [4.69, 9.17) is 14.2 Å². The lowest BCUT2D eigenvalue weighted by molar-refractivity contribution is -0.0907. The summed E-state index contributed by atoms with van der Waals surface area (Å²) in [4.78, 5) is 20.5. The fourth-order valence-electron chi connectivity index (χ4n) is 6.31. The summed E-state index contributed by atoms with van der Waals surface area (Å²) < 4.78 is 46.6. The molecule has 4 aromatic rings. The van der Waals surface area contributed by atoms with Gasteiger partial charge in [-0.05, 0) is 54.7 Å². The van der Waals surface area contributed by atoms with E-state index in [9.17, 15) is 23.4 Å². The summed E-state index contributed by atoms with van der Waals surface area (Å²) in [5.74, 6) is -0.273. The molecule has 0 aliphatic carbocycles. The Hall–Kier alpha value is -4.27. The summed E-state index contributed by atoms with van der Waals surface area (Å²) >= 11 is 0. The number of alkyl carbamates (subject to hydrolysis) is 1. The third-order valence-electron chi connectivity index (χ3n) is 8.80. The molecule has 260 valence electrons. The first-order valence-corrected chi connectivity index (χ1v) is 17.9. The van der Waals surface area contributed by atoms with Gasteiger partial charge in [-0.1, -0.05) is 62.4 Å². The molecule has 3 aromatic carbocycles. The fourth-order valence-corrected chi connectivity index (χ4v) is 7.95. The lowest BCUT2D eigenvalue weighted by atomic mass is 10.0. The third kappa shape index (κ3) is 8.14. The van der Waals surface area contributed by atoms with E-state index in [-0.39, 0.29) is 55.0 Å². The molecule has 49 heavy (non-hydrogen) atoms. The number of aromatic amines is 1. The summed E-state index contributed by atoms with van der Waals surface area (Å²) in [6, 6.07) is 22.2. The maximum Gasteiger partial charge on any atom is 0.407 e. The van der Waals surface area contributed by atoms with E-state index in [2.05, 4.69) is 15.3 Å². The summed E-state index contributed by atoms with van der Waals surface area (Å²) in [5, 5.41) is 25.6. The number of para-hydroxylation sites is 1. The number of aliphatic hydroxyl groups excluding tert-OH is 1. The first-order chi connectivity index (χ1) is 23.6. The molecule has 0 unspecified atom stereocenters. The highest BCUT2D eigenvalue weighted by Gasteiger charge is 2.44. The molecule has 2 aliphatic rings. The van der Waals surface area contributed by atoms with E-state index in [0.717, 1.165) is 12.0 Å². The maximum absolute atomic E-state index is 14.3. The number of carbonyl (C=O) groups excluding carboxylic acids is 1. The van der Waals surface area contributed by atoms with Crippen LogP contribution >= 0.6 is 0 Å². The second kappa shape index (κ2) is 15.1. The molecule has 13 heteroatoms. The normalized spacial score (nSPS) is 20.6. The number of nitrogens with zero attached hydrogens (tertiary/aromatic N) is 2. The Morgan fingerprint density at radius 1 is 1.08 bits per heavy atom. The van der Waals surface area contributed by atoms with Gasteiger partial charge >= 0.3 is 6.09 Å². The van der Waals surface area contributed by atoms with Crippen molar-refractivity contribution in [2.45, 2.75) is 56.1 Å². The van der Waals surface area contributed by atoms with Gasteiger partial charge in [-0.25, -0.2) is 13.2 Å². The zero-order chi connectivity index (χ0) is 34.5. The fraction of sp³-hybridized carbons (Fsp3) is 0.389. The van der Waals surface area contributed by atoms with Crippen LogP contribution in [0.3, 0.4) is 0 Å². The second-order valence-corrected chi connectivity index (χ2v) is 14.8. The van der Waals surface area contributed by atoms with Gasteiger partial charge in [-0.3, -0.25) is 4.99 Å². The molecule has 0 saturated carbocycles. The number of amides is 1. The van der Waals surface area contributed by atoms with Gasteiger partial charge in [0.05, 0.1) is 47.4 Å². The smallest absolute Gasteiger partial charge is 0.407 e. The molecule has 0 spiro atoms. The van der Waals surface area contributed by atoms with Crippen LogP contribution in [0.4, 0.5) is 10.5 Å². The number of fused-ring (bicyclic) bond motifs is 2. The van der Waals surface area contributed by atoms with Crippen LogP contribution in [0.1, 0.15) is 31.4 Å². The molecular weight excluding hydrogens is 648 g/mol. The molecule has 0 bridgehead atoms. The highest BCUT2D eigenvalue weighted by atomic mass is 32.2. The Bertz CT molecular complexity index is 1870. The predicted molar refractivity (Wildman–Crippen MR) is 184 cm³/mol. The molecule has 2 saturated heterocycles. The van der Waals surface area contributed by atoms with E-state index in [0.29, 0.717) is 28.8 Å². The van der Waals surface area contributed by atoms with Crippen molar-refractivity contribution in [2.24, 2.45) is 16.8 Å². The molecular formula is C36H42N4O8S. The number of nitrogens with one attached hydrogen (secondary N) is 2. The number of carbonyl (C=O) groups is 1. The van der Waals surface area contributed by atoms with Crippen molar-refractivity contribution >= 4 is 38.9 Å². The van der Waals surface area contributed by atoms with Crippen LogP contribution in [0.15, 0.2) is 88.8 Å². The van der Waals surface area contributed by atoms with Crippen LogP contribution in [-0.2, 0) is 30.7 Å². The van der Waals surface area contributed by atoms with Crippen LogP contribution < -0.4 is 5.32 Å². The molecule has 2 fully saturated rings. The van der Waals surface area contributed by atoms with Gasteiger partial charge < -0.3 is 34.7 Å². The number of aromatic hydroxyl groups is 1. The van der Waals surface area contributed by atoms with Gasteiger partial charge in [0, 0.05) is 30.2 Å². The number of benzene rings is 3. The number of hydrogen-bond donors (Lipinski definition) is 4. The van der Waals surface area contributed by atoms with Gasteiger partial charge in [-0.2, -0.15) is 4.31 Å². The van der Waals surface area contributed by atoms with Gasteiger partial charge in [0.15, 0.2) is 12.2 Å². The number of sulfonamides is 1. The molecule has 5 atom stereocenters. The SMILES string of the molecule is CC(C)CN(C[C@@H](O)[C@H](Cc1ccccc1)NC(=O)O[C@H]1CO[C@H]2OCC[C@H]21)S(=O)(=O)c1ccc2[nH]c(O)c(C=Nc3ccccc3)c2c1. The van der Waals surface area contributed by atoms with E-state index in [1.807, 2.05) is 74.5 Å². The van der Waals surface area contributed by atoms with E-state index in [1.165, 1.54) is 22.7 Å². The summed E-state index contributed by atoms with van der Waals surface area (Å²) in [6.45, 7) is 4.36. The highest BCUT2D eigenvalue weighted by molar-refractivity contribution is 7.89. The third-order valence-corrected chi connectivity index (χ3v) is 10.6. The van der Waals surface area contributed by atoms with Crippen molar-refractivity contribution in [3.63, 3.8) is 0 Å². The number of aromatic nitrogens is 1.